The lowest BCUT2D eigenvalue weighted by Gasteiger charge is -2.06. The Morgan fingerprint density at radius 2 is 1.90 bits per heavy atom. The third kappa shape index (κ3) is 4.76. The first kappa shape index (κ1) is 15.3. The lowest BCUT2D eigenvalue weighted by atomic mass is 10.1. The molecule has 0 bridgehead atoms. The monoisotopic (exact) mass is 304 g/mol. The van der Waals surface area contributed by atoms with Gasteiger partial charge in [0.15, 0.2) is 0 Å². The van der Waals surface area contributed by atoms with Gasteiger partial charge in [-0.15, -0.1) is 0 Å². The summed E-state index contributed by atoms with van der Waals surface area (Å²) in [5.41, 5.74) is 1.69. The molecular formula is C16H17ClN2O2. The Hall–Kier alpha value is -2.07. The zero-order valence-electron chi connectivity index (χ0n) is 11.8. The Morgan fingerprint density at radius 1 is 1.19 bits per heavy atom. The van der Waals surface area contributed by atoms with E-state index in [-0.39, 0.29) is 11.5 Å². The molecular weight excluding hydrogens is 288 g/mol. The molecule has 5 heteroatoms. The van der Waals surface area contributed by atoms with Crippen LogP contribution in [0.1, 0.15) is 18.4 Å². The topological polar surface area (TPSA) is 51.1 Å². The van der Waals surface area contributed by atoms with Crippen LogP contribution in [-0.4, -0.2) is 10.5 Å². The van der Waals surface area contributed by atoms with E-state index in [9.17, 15) is 9.59 Å². The SMILES string of the molecule is Cn1cc(NC(=O)CCCc2ccc(Cl)cc2)ccc1=O. The summed E-state index contributed by atoms with van der Waals surface area (Å²) in [5, 5.41) is 3.50. The molecule has 0 atom stereocenters. The Labute approximate surface area is 128 Å². The van der Waals surface area contributed by atoms with Crippen LogP contribution in [0.5, 0.6) is 0 Å². The van der Waals surface area contributed by atoms with Crippen molar-refractivity contribution in [1.82, 2.24) is 4.57 Å². The predicted molar refractivity (Wildman–Crippen MR) is 84.7 cm³/mol. The number of benzene rings is 1. The smallest absolute Gasteiger partial charge is 0.250 e. The summed E-state index contributed by atoms with van der Waals surface area (Å²) in [5.74, 6) is -0.0531. The molecule has 0 unspecified atom stereocenters. The number of aromatic nitrogens is 1. The van der Waals surface area contributed by atoms with Crippen molar-refractivity contribution in [2.45, 2.75) is 19.3 Å². The summed E-state index contributed by atoms with van der Waals surface area (Å²) in [7, 11) is 1.65. The first-order chi connectivity index (χ1) is 10.0. The van der Waals surface area contributed by atoms with E-state index in [2.05, 4.69) is 5.32 Å². The van der Waals surface area contributed by atoms with Crippen molar-refractivity contribution in [2.75, 3.05) is 5.32 Å². The number of carbonyl (C=O) groups is 1. The number of nitrogens with one attached hydrogen (secondary N) is 1. The standard InChI is InChI=1S/C16H17ClN2O2/c1-19-11-14(9-10-16(19)21)18-15(20)4-2-3-12-5-7-13(17)8-6-12/h5-11H,2-4H2,1H3,(H,18,20). The van der Waals surface area contributed by atoms with E-state index >= 15 is 0 Å². The van der Waals surface area contributed by atoms with Gasteiger partial charge in [-0.3, -0.25) is 9.59 Å². The molecule has 110 valence electrons. The van der Waals surface area contributed by atoms with E-state index < -0.39 is 0 Å². The highest BCUT2D eigenvalue weighted by atomic mass is 35.5. The van der Waals surface area contributed by atoms with Gasteiger partial charge >= 0.3 is 0 Å². The third-order valence-electron chi connectivity index (χ3n) is 3.15. The van der Waals surface area contributed by atoms with E-state index in [0.717, 1.165) is 18.4 Å². The molecule has 1 heterocycles. The molecule has 0 spiro atoms. The number of carbonyl (C=O) groups excluding carboxylic acids is 1. The summed E-state index contributed by atoms with van der Waals surface area (Å²) >= 11 is 5.82. The lowest BCUT2D eigenvalue weighted by Crippen LogP contribution is -2.17. The van der Waals surface area contributed by atoms with Gasteiger partial charge in [-0.25, -0.2) is 0 Å². The zero-order valence-corrected chi connectivity index (χ0v) is 12.6. The van der Waals surface area contributed by atoms with Gasteiger partial charge in [0.25, 0.3) is 0 Å². The fourth-order valence-corrected chi connectivity index (χ4v) is 2.12. The first-order valence-corrected chi connectivity index (χ1v) is 7.13. The quantitative estimate of drug-likeness (QED) is 0.923. The van der Waals surface area contributed by atoms with Crippen LogP contribution in [0.25, 0.3) is 0 Å². The van der Waals surface area contributed by atoms with Crippen LogP contribution in [-0.2, 0) is 18.3 Å². The van der Waals surface area contributed by atoms with Crippen molar-refractivity contribution in [1.29, 1.82) is 0 Å². The molecule has 0 aliphatic heterocycles. The van der Waals surface area contributed by atoms with Crippen LogP contribution in [0, 0.1) is 0 Å². The molecule has 0 aliphatic rings. The minimum atomic E-state index is -0.101. The second kappa shape index (κ2) is 7.09. The second-order valence-electron chi connectivity index (χ2n) is 4.90. The summed E-state index contributed by atoms with van der Waals surface area (Å²) < 4.78 is 1.43. The molecule has 0 fully saturated rings. The van der Waals surface area contributed by atoms with Gasteiger partial charge in [-0.1, -0.05) is 23.7 Å². The molecule has 2 rings (SSSR count). The predicted octanol–water partition coefficient (Wildman–Crippen LogP) is 3.00. The van der Waals surface area contributed by atoms with Gasteiger partial charge in [0.1, 0.15) is 0 Å². The number of pyridine rings is 1. The molecule has 1 aromatic carbocycles. The van der Waals surface area contributed by atoms with Crippen molar-refractivity contribution in [3.63, 3.8) is 0 Å². The average molecular weight is 305 g/mol. The Kier molecular flexibility index (Phi) is 5.17. The van der Waals surface area contributed by atoms with Crippen molar-refractivity contribution < 1.29 is 4.79 Å². The normalized spacial score (nSPS) is 10.4. The van der Waals surface area contributed by atoms with Crippen LogP contribution in [0.4, 0.5) is 5.69 Å². The maximum absolute atomic E-state index is 11.8. The highest BCUT2D eigenvalue weighted by molar-refractivity contribution is 6.30. The van der Waals surface area contributed by atoms with E-state index in [1.807, 2.05) is 24.3 Å². The van der Waals surface area contributed by atoms with Crippen LogP contribution in [0.2, 0.25) is 5.02 Å². The zero-order chi connectivity index (χ0) is 15.2. The van der Waals surface area contributed by atoms with Gasteiger partial charge < -0.3 is 9.88 Å². The van der Waals surface area contributed by atoms with Gasteiger partial charge in [-0.2, -0.15) is 0 Å². The highest BCUT2D eigenvalue weighted by Crippen LogP contribution is 2.12. The molecule has 21 heavy (non-hydrogen) atoms. The van der Waals surface area contributed by atoms with Gasteiger partial charge in [0.05, 0.1) is 5.69 Å². The lowest BCUT2D eigenvalue weighted by molar-refractivity contribution is -0.116. The van der Waals surface area contributed by atoms with E-state index in [4.69, 9.17) is 11.6 Å². The molecule has 1 amide bonds. The fraction of sp³-hybridized carbons (Fsp3) is 0.250. The largest absolute Gasteiger partial charge is 0.325 e. The number of anilines is 1. The third-order valence-corrected chi connectivity index (χ3v) is 3.40. The van der Waals surface area contributed by atoms with Crippen molar-refractivity contribution in [3.05, 3.63) is 63.5 Å². The number of halogens is 1. The van der Waals surface area contributed by atoms with Gasteiger partial charge in [-0.05, 0) is 36.6 Å². The molecule has 1 aromatic heterocycles. The maximum Gasteiger partial charge on any atom is 0.250 e. The second-order valence-corrected chi connectivity index (χ2v) is 5.33. The molecule has 0 saturated carbocycles. The van der Waals surface area contributed by atoms with Gasteiger partial charge in [0, 0.05) is 30.8 Å². The van der Waals surface area contributed by atoms with E-state index in [1.54, 1.807) is 19.3 Å². The van der Waals surface area contributed by atoms with Crippen molar-refractivity contribution in [3.8, 4) is 0 Å². The Bertz CT molecular complexity index is 677. The Morgan fingerprint density at radius 3 is 2.57 bits per heavy atom. The first-order valence-electron chi connectivity index (χ1n) is 6.75. The maximum atomic E-state index is 11.8. The molecule has 4 nitrogen and oxygen atoms in total. The minimum Gasteiger partial charge on any atom is -0.325 e. The molecule has 0 saturated heterocycles. The summed E-state index contributed by atoms with van der Waals surface area (Å²) in [4.78, 5) is 23.1. The number of hydrogen-bond donors (Lipinski definition) is 1. The molecule has 0 aliphatic carbocycles. The highest BCUT2D eigenvalue weighted by Gasteiger charge is 2.03. The van der Waals surface area contributed by atoms with Crippen LogP contribution < -0.4 is 10.9 Å². The number of nitrogens with zero attached hydrogens (tertiary/aromatic N) is 1. The number of amides is 1. The summed E-state index contributed by atoms with van der Waals surface area (Å²) in [6.07, 6.45) is 3.64. The van der Waals surface area contributed by atoms with Crippen molar-refractivity contribution >= 4 is 23.2 Å². The number of hydrogen-bond acceptors (Lipinski definition) is 2. The molecule has 0 radical (unpaired) electrons. The average Bonchev–Trinajstić information content (AvgIpc) is 2.45. The minimum absolute atomic E-state index is 0.0531. The number of rotatable bonds is 5. The fourth-order valence-electron chi connectivity index (χ4n) is 2.00. The van der Waals surface area contributed by atoms with Crippen LogP contribution in [0.15, 0.2) is 47.4 Å². The van der Waals surface area contributed by atoms with E-state index in [1.165, 1.54) is 10.6 Å². The molecule has 2 aromatic rings. The van der Waals surface area contributed by atoms with Crippen LogP contribution >= 0.6 is 11.6 Å². The number of aryl methyl sites for hydroxylation is 2. The van der Waals surface area contributed by atoms with Gasteiger partial charge in [0.2, 0.25) is 11.5 Å². The summed E-state index contributed by atoms with van der Waals surface area (Å²) in [6, 6.07) is 10.7. The van der Waals surface area contributed by atoms with E-state index in [0.29, 0.717) is 17.1 Å². The molecule has 1 N–H and O–H groups in total. The van der Waals surface area contributed by atoms with Crippen molar-refractivity contribution in [2.24, 2.45) is 7.05 Å². The Balaban J connectivity index is 1.80. The summed E-state index contributed by atoms with van der Waals surface area (Å²) in [6.45, 7) is 0. The van der Waals surface area contributed by atoms with Crippen LogP contribution in [0.3, 0.4) is 0 Å².